The van der Waals surface area contributed by atoms with Crippen molar-refractivity contribution in [2.75, 3.05) is 14.2 Å². The molecule has 1 N–H and O–H groups in total. The number of carbonyl (C=O) groups is 1. The Morgan fingerprint density at radius 1 is 1.14 bits per heavy atom. The number of carbonyl (C=O) groups excluding carboxylic acids is 1. The molecule has 0 saturated carbocycles. The van der Waals surface area contributed by atoms with Crippen molar-refractivity contribution in [3.05, 3.63) is 80.8 Å². The second kappa shape index (κ2) is 11.5. The molecule has 0 unspecified atom stereocenters. The van der Waals surface area contributed by atoms with Crippen LogP contribution in [0, 0.1) is 0 Å². The van der Waals surface area contributed by atoms with Crippen LogP contribution < -0.4 is 5.48 Å². The van der Waals surface area contributed by atoms with Crippen molar-refractivity contribution in [3.63, 3.8) is 0 Å². The van der Waals surface area contributed by atoms with E-state index in [1.165, 1.54) is 14.2 Å². The van der Waals surface area contributed by atoms with Gasteiger partial charge in [-0.1, -0.05) is 60.3 Å². The predicted molar refractivity (Wildman–Crippen MR) is 121 cm³/mol. The van der Waals surface area contributed by atoms with E-state index in [0.717, 1.165) is 20.1 Å². The van der Waals surface area contributed by atoms with Crippen molar-refractivity contribution in [2.45, 2.75) is 6.61 Å². The van der Waals surface area contributed by atoms with Crippen LogP contribution in [0.5, 0.6) is 0 Å². The fourth-order valence-electron chi connectivity index (χ4n) is 2.43. The van der Waals surface area contributed by atoms with Crippen LogP contribution in [0.15, 0.2) is 63.7 Å². The number of methoxy groups -OCH3 is 1. The number of nitrogens with one attached hydrogen (secondary N) is 1. The zero-order valence-electron chi connectivity index (χ0n) is 15.9. The number of ether oxygens (including phenoxy) is 1. The average Bonchev–Trinajstić information content (AvgIpc) is 2.72. The minimum absolute atomic E-state index is 0.0645. The maximum absolute atomic E-state index is 12.0. The Bertz CT molecular complexity index is 921. The molecular formula is C21H20Br2N2O4. The minimum atomic E-state index is -0.596. The van der Waals surface area contributed by atoms with E-state index in [0.29, 0.717) is 11.3 Å². The van der Waals surface area contributed by atoms with Gasteiger partial charge in [-0.15, -0.1) is 0 Å². The zero-order chi connectivity index (χ0) is 21.2. The maximum Gasteiger partial charge on any atom is 0.360 e. The van der Waals surface area contributed by atoms with Crippen LogP contribution >= 0.6 is 31.9 Å². The van der Waals surface area contributed by atoms with E-state index in [1.54, 1.807) is 12.1 Å². The molecule has 0 aromatic heterocycles. The molecule has 2 aromatic carbocycles. The first-order valence-corrected chi connectivity index (χ1v) is 10.0. The number of hydrogen-bond acceptors (Lipinski definition) is 6. The lowest BCUT2D eigenvalue weighted by Gasteiger charge is -2.13. The Kier molecular flexibility index (Phi) is 9.11. The Labute approximate surface area is 186 Å². The molecule has 0 bridgehead atoms. The molecule has 0 radical (unpaired) electrons. The monoisotopic (exact) mass is 522 g/mol. The molecule has 152 valence electrons. The van der Waals surface area contributed by atoms with E-state index >= 15 is 0 Å². The number of halogens is 2. The SMILES string of the molecule is C=C(NOCc1ccccc1C(=NOC)C(=O)OC)c1ccc(C=C(Br)Br)cc1. The van der Waals surface area contributed by atoms with Gasteiger partial charge >= 0.3 is 5.97 Å². The molecule has 0 fully saturated rings. The summed E-state index contributed by atoms with van der Waals surface area (Å²) in [5.74, 6) is -0.596. The summed E-state index contributed by atoms with van der Waals surface area (Å²) >= 11 is 6.67. The summed E-state index contributed by atoms with van der Waals surface area (Å²) in [6.45, 7) is 4.16. The third-order valence-corrected chi connectivity index (χ3v) is 4.25. The lowest BCUT2D eigenvalue weighted by molar-refractivity contribution is -0.132. The van der Waals surface area contributed by atoms with Gasteiger partial charge in [-0.2, -0.15) is 0 Å². The Morgan fingerprint density at radius 3 is 2.45 bits per heavy atom. The molecular weight excluding hydrogens is 504 g/mol. The number of hydrogen-bond donors (Lipinski definition) is 1. The lowest BCUT2D eigenvalue weighted by Crippen LogP contribution is -2.20. The van der Waals surface area contributed by atoms with E-state index in [2.05, 4.69) is 49.1 Å². The van der Waals surface area contributed by atoms with Gasteiger partial charge < -0.3 is 9.57 Å². The van der Waals surface area contributed by atoms with Gasteiger partial charge in [-0.25, -0.2) is 4.79 Å². The minimum Gasteiger partial charge on any atom is -0.464 e. The summed E-state index contributed by atoms with van der Waals surface area (Å²) in [5.41, 5.74) is 6.72. The number of nitrogens with zero attached hydrogens (tertiary/aromatic N) is 1. The average molecular weight is 524 g/mol. The van der Waals surface area contributed by atoms with Gasteiger partial charge in [0.1, 0.15) is 13.7 Å². The predicted octanol–water partition coefficient (Wildman–Crippen LogP) is 4.99. The second-order valence-electron chi connectivity index (χ2n) is 5.70. The highest BCUT2D eigenvalue weighted by Crippen LogP contribution is 2.20. The first kappa shape index (κ1) is 22.9. The number of oxime groups is 1. The molecule has 6 nitrogen and oxygen atoms in total. The molecule has 0 spiro atoms. The quantitative estimate of drug-likeness (QED) is 0.285. The number of hydroxylamine groups is 1. The number of benzene rings is 2. The van der Waals surface area contributed by atoms with Crippen molar-refractivity contribution in [1.82, 2.24) is 5.48 Å². The summed E-state index contributed by atoms with van der Waals surface area (Å²) in [6, 6.07) is 15.0. The molecule has 0 amide bonds. The molecule has 0 saturated heterocycles. The first-order chi connectivity index (χ1) is 14.0. The van der Waals surface area contributed by atoms with Gasteiger partial charge in [0.15, 0.2) is 5.71 Å². The highest BCUT2D eigenvalue weighted by Gasteiger charge is 2.19. The van der Waals surface area contributed by atoms with Crippen LogP contribution in [-0.2, 0) is 25.8 Å². The van der Waals surface area contributed by atoms with Crippen LogP contribution in [-0.4, -0.2) is 25.9 Å². The van der Waals surface area contributed by atoms with Crippen LogP contribution in [0.1, 0.15) is 22.3 Å². The zero-order valence-corrected chi connectivity index (χ0v) is 19.1. The first-order valence-electron chi connectivity index (χ1n) is 8.43. The highest BCUT2D eigenvalue weighted by atomic mass is 79.9. The van der Waals surface area contributed by atoms with E-state index < -0.39 is 5.97 Å². The summed E-state index contributed by atoms with van der Waals surface area (Å²) in [5, 5.41) is 3.78. The highest BCUT2D eigenvalue weighted by molar-refractivity contribution is 9.28. The summed E-state index contributed by atoms with van der Waals surface area (Å²) in [4.78, 5) is 22.4. The summed E-state index contributed by atoms with van der Waals surface area (Å²) < 4.78 is 5.64. The molecule has 0 aliphatic heterocycles. The van der Waals surface area contributed by atoms with Crippen LogP contribution in [0.2, 0.25) is 0 Å². The molecule has 8 heteroatoms. The fraction of sp³-hybridized carbons (Fsp3) is 0.143. The Hall–Kier alpha value is -2.42. The van der Waals surface area contributed by atoms with Crippen LogP contribution in [0.4, 0.5) is 0 Å². The van der Waals surface area contributed by atoms with Crippen molar-refractivity contribution in [2.24, 2.45) is 5.16 Å². The van der Waals surface area contributed by atoms with E-state index in [1.807, 2.05) is 42.5 Å². The maximum atomic E-state index is 12.0. The smallest absolute Gasteiger partial charge is 0.360 e. The van der Waals surface area contributed by atoms with Gasteiger partial charge in [0.05, 0.1) is 16.2 Å². The van der Waals surface area contributed by atoms with Gasteiger partial charge in [-0.3, -0.25) is 10.3 Å². The third kappa shape index (κ3) is 6.85. The molecule has 2 rings (SSSR count). The van der Waals surface area contributed by atoms with Gasteiger partial charge in [-0.05, 0) is 54.6 Å². The Balaban J connectivity index is 2.05. The lowest BCUT2D eigenvalue weighted by atomic mass is 10.0. The largest absolute Gasteiger partial charge is 0.464 e. The molecule has 0 aliphatic rings. The molecule has 0 heterocycles. The van der Waals surface area contributed by atoms with Crippen molar-refractivity contribution < 1.29 is 19.2 Å². The Morgan fingerprint density at radius 2 is 1.83 bits per heavy atom. The van der Waals surface area contributed by atoms with Crippen molar-refractivity contribution >= 4 is 55.3 Å². The number of rotatable bonds is 9. The second-order valence-corrected chi connectivity index (χ2v) is 8.47. The van der Waals surface area contributed by atoms with E-state index in [4.69, 9.17) is 14.4 Å². The van der Waals surface area contributed by atoms with E-state index in [-0.39, 0.29) is 12.3 Å². The fourth-order valence-corrected chi connectivity index (χ4v) is 2.96. The normalized spacial score (nSPS) is 10.8. The molecule has 0 aliphatic carbocycles. The number of esters is 1. The van der Waals surface area contributed by atoms with Crippen molar-refractivity contribution in [3.8, 4) is 0 Å². The van der Waals surface area contributed by atoms with Gasteiger partial charge in [0.25, 0.3) is 0 Å². The topological polar surface area (TPSA) is 69.1 Å². The third-order valence-electron chi connectivity index (χ3n) is 3.79. The van der Waals surface area contributed by atoms with Crippen LogP contribution in [0.25, 0.3) is 11.8 Å². The summed E-state index contributed by atoms with van der Waals surface area (Å²) in [6.07, 6.45) is 1.94. The van der Waals surface area contributed by atoms with Crippen LogP contribution in [0.3, 0.4) is 0 Å². The van der Waals surface area contributed by atoms with Crippen molar-refractivity contribution in [1.29, 1.82) is 0 Å². The van der Waals surface area contributed by atoms with E-state index in [9.17, 15) is 4.79 Å². The molecule has 2 aromatic rings. The standard InChI is InChI=1S/C21H20Br2N2O4/c1-14(16-10-8-15(9-11-16)12-19(22)23)24-29-13-17-6-4-5-7-18(17)20(25-28-3)21(26)27-2/h4-12,24H,1,13H2,2-3H3. The van der Waals surface area contributed by atoms with Gasteiger partial charge in [0.2, 0.25) is 0 Å². The molecule has 0 atom stereocenters. The van der Waals surface area contributed by atoms with Gasteiger partial charge in [0, 0.05) is 5.56 Å². The molecule has 29 heavy (non-hydrogen) atoms. The summed E-state index contributed by atoms with van der Waals surface area (Å²) in [7, 11) is 2.65.